The zero-order valence-corrected chi connectivity index (χ0v) is 12.9. The highest BCUT2D eigenvalue weighted by molar-refractivity contribution is 5.93. The summed E-state index contributed by atoms with van der Waals surface area (Å²) in [6.07, 6.45) is 0. The van der Waals surface area contributed by atoms with Crippen LogP contribution < -0.4 is 10.5 Å². The predicted molar refractivity (Wildman–Crippen MR) is 92.1 cm³/mol. The number of aromatic nitrogens is 3. The van der Waals surface area contributed by atoms with Gasteiger partial charge in [0.1, 0.15) is 28.7 Å². The Hall–Kier alpha value is -3.59. The van der Waals surface area contributed by atoms with Crippen LogP contribution in [0.3, 0.4) is 0 Å². The maximum Gasteiger partial charge on any atom is 0.167 e. The molecule has 0 saturated heterocycles. The molecule has 2 aromatic heterocycles. The molecular weight excluding hydrogens is 302 g/mol. The summed E-state index contributed by atoms with van der Waals surface area (Å²) in [5.74, 6) is 0.938. The smallest absolute Gasteiger partial charge is 0.167 e. The minimum absolute atomic E-state index is 0.298. The Morgan fingerprint density at radius 1 is 1.04 bits per heavy atom. The molecule has 0 atom stereocenters. The molecule has 0 aliphatic heterocycles. The van der Waals surface area contributed by atoms with Gasteiger partial charge in [0.15, 0.2) is 5.65 Å². The lowest BCUT2D eigenvalue weighted by molar-refractivity contribution is 0.413. The minimum atomic E-state index is 0.298. The number of hydrogen-bond donors (Lipinski definition) is 1. The molecule has 0 fully saturated rings. The molecule has 2 heterocycles. The van der Waals surface area contributed by atoms with Crippen LogP contribution in [0.15, 0.2) is 48.5 Å². The summed E-state index contributed by atoms with van der Waals surface area (Å²) in [5.41, 5.74) is 9.76. The second-order valence-corrected chi connectivity index (χ2v) is 5.26. The van der Waals surface area contributed by atoms with Crippen LogP contribution in [0.1, 0.15) is 5.56 Å². The molecule has 0 unspecified atom stereocenters. The molecule has 0 amide bonds. The van der Waals surface area contributed by atoms with E-state index in [0.29, 0.717) is 34.0 Å². The molecule has 2 N–H and O–H groups in total. The number of nitrogens with two attached hydrogens (primary N) is 1. The van der Waals surface area contributed by atoms with Gasteiger partial charge in [0, 0.05) is 0 Å². The monoisotopic (exact) mass is 315 g/mol. The molecule has 116 valence electrons. The Morgan fingerprint density at radius 3 is 2.42 bits per heavy atom. The first kappa shape index (κ1) is 14.0. The largest absolute Gasteiger partial charge is 0.495 e. The molecule has 4 aromatic rings. The van der Waals surface area contributed by atoms with Crippen molar-refractivity contribution in [2.75, 3.05) is 12.8 Å². The summed E-state index contributed by atoms with van der Waals surface area (Å²) < 4.78 is 7.14. The van der Waals surface area contributed by atoms with Gasteiger partial charge < -0.3 is 10.5 Å². The highest BCUT2D eigenvalue weighted by Gasteiger charge is 2.21. The number of methoxy groups -OCH3 is 1. The Kier molecular flexibility index (Phi) is 3.07. The van der Waals surface area contributed by atoms with E-state index < -0.39 is 0 Å². The quantitative estimate of drug-likeness (QED) is 0.614. The fourth-order valence-electron chi connectivity index (χ4n) is 2.83. The fraction of sp³-hybridized carbons (Fsp3) is 0.0556. The molecule has 6 heteroatoms. The third-order valence-corrected chi connectivity index (χ3v) is 3.94. The average molecular weight is 315 g/mol. The van der Waals surface area contributed by atoms with Crippen LogP contribution in [-0.4, -0.2) is 21.6 Å². The van der Waals surface area contributed by atoms with Crippen LogP contribution in [0.5, 0.6) is 5.75 Å². The number of rotatable bonds is 2. The van der Waals surface area contributed by atoms with Gasteiger partial charge in [-0.2, -0.15) is 5.26 Å². The molecule has 2 aromatic carbocycles. The Bertz CT molecular complexity index is 1120. The summed E-state index contributed by atoms with van der Waals surface area (Å²) in [5, 5.41) is 9.53. The topological polar surface area (TPSA) is 89.8 Å². The zero-order valence-electron chi connectivity index (χ0n) is 12.9. The molecular formula is C18H13N5O. The predicted octanol–water partition coefficient (Wildman–Crippen LogP) is 3.04. The molecule has 0 spiro atoms. The maximum absolute atomic E-state index is 9.53. The van der Waals surface area contributed by atoms with Crippen LogP contribution >= 0.6 is 0 Å². The van der Waals surface area contributed by atoms with Crippen molar-refractivity contribution in [3.8, 4) is 17.5 Å². The minimum Gasteiger partial charge on any atom is -0.495 e. The average Bonchev–Trinajstić information content (AvgIpc) is 2.89. The van der Waals surface area contributed by atoms with Gasteiger partial charge in [0.05, 0.1) is 23.8 Å². The molecule has 0 radical (unpaired) electrons. The van der Waals surface area contributed by atoms with E-state index in [2.05, 4.69) is 16.0 Å². The molecule has 0 saturated carbocycles. The number of ether oxygens (including phenoxy) is 1. The SMILES string of the molecule is COc1ccccc1-n1c(N)c(C#N)c2nc3ccccc3nc21. The van der Waals surface area contributed by atoms with Crippen molar-refractivity contribution in [1.29, 1.82) is 5.26 Å². The summed E-state index contributed by atoms with van der Waals surface area (Å²) in [4.78, 5) is 9.26. The second-order valence-electron chi connectivity index (χ2n) is 5.26. The van der Waals surface area contributed by atoms with Gasteiger partial charge in [-0.05, 0) is 24.3 Å². The molecule has 0 aliphatic rings. The van der Waals surface area contributed by atoms with Crippen LogP contribution in [0.25, 0.3) is 27.9 Å². The number of para-hydroxylation sites is 4. The van der Waals surface area contributed by atoms with Gasteiger partial charge in [-0.15, -0.1) is 0 Å². The number of benzene rings is 2. The Balaban J connectivity index is 2.18. The van der Waals surface area contributed by atoms with E-state index >= 15 is 0 Å². The van der Waals surface area contributed by atoms with E-state index in [1.165, 1.54) is 0 Å². The fourth-order valence-corrected chi connectivity index (χ4v) is 2.83. The van der Waals surface area contributed by atoms with E-state index in [1.807, 2.05) is 48.5 Å². The van der Waals surface area contributed by atoms with E-state index in [-0.39, 0.29) is 0 Å². The van der Waals surface area contributed by atoms with Gasteiger partial charge >= 0.3 is 0 Å². The Morgan fingerprint density at radius 2 is 1.71 bits per heavy atom. The van der Waals surface area contributed by atoms with Crippen LogP contribution in [-0.2, 0) is 0 Å². The first-order chi connectivity index (χ1) is 11.7. The van der Waals surface area contributed by atoms with Gasteiger partial charge in [0.2, 0.25) is 0 Å². The lowest BCUT2D eigenvalue weighted by Gasteiger charge is -2.11. The molecule has 24 heavy (non-hydrogen) atoms. The molecule has 4 rings (SSSR count). The summed E-state index contributed by atoms with van der Waals surface area (Å²) in [7, 11) is 1.59. The van der Waals surface area contributed by atoms with Crippen molar-refractivity contribution in [2.45, 2.75) is 0 Å². The Labute approximate surface area is 137 Å². The van der Waals surface area contributed by atoms with Crippen LogP contribution in [0.4, 0.5) is 5.82 Å². The third kappa shape index (κ3) is 1.88. The van der Waals surface area contributed by atoms with Gasteiger partial charge in [-0.3, -0.25) is 4.57 Å². The van der Waals surface area contributed by atoms with E-state index in [9.17, 15) is 5.26 Å². The summed E-state index contributed by atoms with van der Waals surface area (Å²) >= 11 is 0. The lowest BCUT2D eigenvalue weighted by Crippen LogP contribution is -2.03. The first-order valence-corrected chi connectivity index (χ1v) is 7.34. The zero-order chi connectivity index (χ0) is 16.7. The molecule has 0 aliphatic carbocycles. The van der Waals surface area contributed by atoms with Gasteiger partial charge in [-0.1, -0.05) is 24.3 Å². The van der Waals surface area contributed by atoms with E-state index in [0.717, 1.165) is 11.0 Å². The van der Waals surface area contributed by atoms with Crippen molar-refractivity contribution < 1.29 is 4.74 Å². The number of anilines is 1. The molecule has 6 nitrogen and oxygen atoms in total. The summed E-state index contributed by atoms with van der Waals surface area (Å²) in [6, 6.07) is 17.1. The van der Waals surface area contributed by atoms with Crippen LogP contribution in [0.2, 0.25) is 0 Å². The number of nitrogens with zero attached hydrogens (tertiary/aromatic N) is 4. The third-order valence-electron chi connectivity index (χ3n) is 3.94. The van der Waals surface area contributed by atoms with Crippen molar-refractivity contribution in [2.24, 2.45) is 0 Å². The highest BCUT2D eigenvalue weighted by atomic mass is 16.5. The van der Waals surface area contributed by atoms with Gasteiger partial charge in [0.25, 0.3) is 0 Å². The second kappa shape index (κ2) is 5.25. The lowest BCUT2D eigenvalue weighted by atomic mass is 10.2. The van der Waals surface area contributed by atoms with Crippen molar-refractivity contribution in [3.05, 3.63) is 54.1 Å². The van der Waals surface area contributed by atoms with Crippen LogP contribution in [0, 0.1) is 11.3 Å². The first-order valence-electron chi connectivity index (χ1n) is 7.34. The van der Waals surface area contributed by atoms with E-state index in [1.54, 1.807) is 11.7 Å². The van der Waals surface area contributed by atoms with Crippen molar-refractivity contribution in [1.82, 2.24) is 14.5 Å². The standard InChI is InChI=1S/C18H13N5O/c1-24-15-9-5-4-8-14(15)23-17(20)11(10-19)16-18(23)22-13-7-3-2-6-12(13)21-16/h2-9H,20H2,1H3. The van der Waals surface area contributed by atoms with Crippen molar-refractivity contribution in [3.63, 3.8) is 0 Å². The highest BCUT2D eigenvalue weighted by Crippen LogP contribution is 2.33. The van der Waals surface area contributed by atoms with Gasteiger partial charge in [-0.25, -0.2) is 9.97 Å². The number of nitrogen functional groups attached to an aromatic ring is 1. The van der Waals surface area contributed by atoms with Crippen molar-refractivity contribution >= 4 is 28.0 Å². The number of fused-ring (bicyclic) bond motifs is 2. The number of hydrogen-bond acceptors (Lipinski definition) is 5. The normalized spacial score (nSPS) is 10.8. The number of nitriles is 1. The summed E-state index contributed by atoms with van der Waals surface area (Å²) in [6.45, 7) is 0. The molecule has 0 bridgehead atoms. The maximum atomic E-state index is 9.53. The van der Waals surface area contributed by atoms with E-state index in [4.69, 9.17) is 10.5 Å².